The summed E-state index contributed by atoms with van der Waals surface area (Å²) in [6, 6.07) is 14.3. The third-order valence-corrected chi connectivity index (χ3v) is 4.85. The van der Waals surface area contributed by atoms with E-state index >= 15 is 0 Å². The van der Waals surface area contributed by atoms with Gasteiger partial charge in [0.25, 0.3) is 5.91 Å². The number of rotatable bonds is 4. The van der Waals surface area contributed by atoms with Gasteiger partial charge in [0.1, 0.15) is 5.69 Å². The van der Waals surface area contributed by atoms with Crippen LogP contribution in [0.15, 0.2) is 48.7 Å². The van der Waals surface area contributed by atoms with Crippen molar-refractivity contribution >= 4 is 17.3 Å². The van der Waals surface area contributed by atoms with E-state index in [4.69, 9.17) is 0 Å². The molecule has 0 aliphatic carbocycles. The second kappa shape index (κ2) is 7.47. The van der Waals surface area contributed by atoms with Gasteiger partial charge in [0.05, 0.1) is 0 Å². The van der Waals surface area contributed by atoms with Gasteiger partial charge < -0.3 is 9.80 Å². The summed E-state index contributed by atoms with van der Waals surface area (Å²) >= 11 is 0. The quantitative estimate of drug-likeness (QED) is 0.844. The molecule has 1 aromatic carbocycles. The highest BCUT2D eigenvalue weighted by Crippen LogP contribution is 2.25. The molecule has 1 aliphatic heterocycles. The molecule has 1 saturated heterocycles. The van der Waals surface area contributed by atoms with Gasteiger partial charge in [0.2, 0.25) is 0 Å². The van der Waals surface area contributed by atoms with E-state index in [0.29, 0.717) is 11.7 Å². The van der Waals surface area contributed by atoms with Gasteiger partial charge in [-0.3, -0.25) is 9.78 Å². The number of likely N-dealkylation sites (tertiary alicyclic amines) is 1. The van der Waals surface area contributed by atoms with E-state index in [1.54, 1.807) is 6.20 Å². The fraction of sp³-hybridized carbons (Fsp3) is 0.400. The van der Waals surface area contributed by atoms with E-state index in [2.05, 4.69) is 28.9 Å². The van der Waals surface area contributed by atoms with E-state index in [-0.39, 0.29) is 5.91 Å². The summed E-state index contributed by atoms with van der Waals surface area (Å²) < 4.78 is 0. The number of benzene rings is 1. The van der Waals surface area contributed by atoms with Crippen LogP contribution in [0.5, 0.6) is 0 Å². The first kappa shape index (κ1) is 16.5. The summed E-state index contributed by atoms with van der Waals surface area (Å²) in [6.45, 7) is 3.00. The summed E-state index contributed by atoms with van der Waals surface area (Å²) in [7, 11) is 2.01. The number of hydrogen-bond donors (Lipinski definition) is 0. The van der Waals surface area contributed by atoms with Crippen molar-refractivity contribution in [3.8, 4) is 0 Å². The molecule has 3 rings (SSSR count). The summed E-state index contributed by atoms with van der Waals surface area (Å²) in [5.74, 6) is 0.0601. The number of aromatic nitrogens is 1. The highest BCUT2D eigenvalue weighted by molar-refractivity contribution is 5.93. The van der Waals surface area contributed by atoms with E-state index in [1.807, 2.05) is 42.3 Å². The lowest BCUT2D eigenvalue weighted by Gasteiger charge is -2.35. The molecular formula is C20H25N3O. The van der Waals surface area contributed by atoms with Gasteiger partial charge in [-0.25, -0.2) is 0 Å². The maximum Gasteiger partial charge on any atom is 0.272 e. The smallest absolute Gasteiger partial charge is 0.272 e. The van der Waals surface area contributed by atoms with Gasteiger partial charge in [-0.2, -0.15) is 0 Å². The Labute approximate surface area is 144 Å². The molecule has 2 aromatic rings. The van der Waals surface area contributed by atoms with E-state index in [1.165, 1.54) is 6.42 Å². The number of anilines is 2. The average Bonchev–Trinajstić information content (AvgIpc) is 2.67. The van der Waals surface area contributed by atoms with Crippen molar-refractivity contribution in [2.75, 3.05) is 18.5 Å². The van der Waals surface area contributed by atoms with Crippen LogP contribution < -0.4 is 4.90 Å². The largest absolute Gasteiger partial charge is 0.345 e. The van der Waals surface area contributed by atoms with Gasteiger partial charge >= 0.3 is 0 Å². The maximum atomic E-state index is 12.9. The third kappa shape index (κ3) is 3.42. The van der Waals surface area contributed by atoms with Crippen LogP contribution in [0.4, 0.5) is 11.4 Å². The zero-order chi connectivity index (χ0) is 16.9. The number of amides is 1. The molecule has 1 amide bonds. The molecule has 1 fully saturated rings. The van der Waals surface area contributed by atoms with Crippen molar-refractivity contribution in [3.05, 3.63) is 54.4 Å². The summed E-state index contributed by atoms with van der Waals surface area (Å²) in [4.78, 5) is 21.4. The Morgan fingerprint density at radius 2 is 2.00 bits per heavy atom. The van der Waals surface area contributed by atoms with Crippen molar-refractivity contribution < 1.29 is 4.79 Å². The molecule has 126 valence electrons. The molecule has 24 heavy (non-hydrogen) atoms. The molecule has 1 atom stereocenters. The molecule has 4 heteroatoms. The monoisotopic (exact) mass is 323 g/mol. The Morgan fingerprint density at radius 3 is 2.75 bits per heavy atom. The van der Waals surface area contributed by atoms with E-state index in [9.17, 15) is 4.79 Å². The molecule has 0 N–H and O–H groups in total. The topological polar surface area (TPSA) is 36.4 Å². The lowest BCUT2D eigenvalue weighted by Crippen LogP contribution is -2.43. The van der Waals surface area contributed by atoms with Gasteiger partial charge in [0, 0.05) is 37.2 Å². The Morgan fingerprint density at radius 1 is 1.21 bits per heavy atom. The highest BCUT2D eigenvalue weighted by Gasteiger charge is 2.27. The van der Waals surface area contributed by atoms with Crippen LogP contribution in [0.2, 0.25) is 0 Å². The van der Waals surface area contributed by atoms with Crippen molar-refractivity contribution in [2.24, 2.45) is 0 Å². The zero-order valence-electron chi connectivity index (χ0n) is 14.5. The van der Waals surface area contributed by atoms with Gasteiger partial charge in [-0.15, -0.1) is 0 Å². The Balaban J connectivity index is 1.83. The first-order chi connectivity index (χ1) is 11.7. The van der Waals surface area contributed by atoms with Gasteiger partial charge in [-0.1, -0.05) is 25.1 Å². The average molecular weight is 323 g/mol. The summed E-state index contributed by atoms with van der Waals surface area (Å²) in [5, 5.41) is 0. The lowest BCUT2D eigenvalue weighted by atomic mass is 9.99. The molecule has 0 radical (unpaired) electrons. The predicted octanol–water partition coefficient (Wildman–Crippen LogP) is 4.25. The Bertz CT molecular complexity index is 686. The van der Waals surface area contributed by atoms with E-state index < -0.39 is 0 Å². The van der Waals surface area contributed by atoms with Crippen LogP contribution in [0.3, 0.4) is 0 Å². The van der Waals surface area contributed by atoms with E-state index in [0.717, 1.165) is 37.2 Å². The Kier molecular flexibility index (Phi) is 5.14. The lowest BCUT2D eigenvalue weighted by molar-refractivity contribution is 0.0602. The van der Waals surface area contributed by atoms with Crippen molar-refractivity contribution in [1.29, 1.82) is 0 Å². The van der Waals surface area contributed by atoms with Crippen LogP contribution in [-0.4, -0.2) is 35.4 Å². The third-order valence-electron chi connectivity index (χ3n) is 4.85. The highest BCUT2D eigenvalue weighted by atomic mass is 16.2. The normalized spacial score (nSPS) is 17.6. The summed E-state index contributed by atoms with van der Waals surface area (Å²) in [6.07, 6.45) is 6.15. The second-order valence-corrected chi connectivity index (χ2v) is 6.35. The molecule has 0 saturated carbocycles. The van der Waals surface area contributed by atoms with Crippen molar-refractivity contribution in [1.82, 2.24) is 9.88 Å². The van der Waals surface area contributed by atoms with Crippen molar-refractivity contribution in [3.63, 3.8) is 0 Å². The number of pyridine rings is 1. The van der Waals surface area contributed by atoms with Crippen LogP contribution in [-0.2, 0) is 0 Å². The SMILES string of the molecule is CCC1CCCCN1C(=O)c1cc(N(C)c2ccccc2)ccn1. The Hall–Kier alpha value is -2.36. The fourth-order valence-corrected chi connectivity index (χ4v) is 3.39. The summed E-state index contributed by atoms with van der Waals surface area (Å²) in [5.41, 5.74) is 2.60. The minimum Gasteiger partial charge on any atom is -0.345 e. The van der Waals surface area contributed by atoms with Crippen LogP contribution >= 0.6 is 0 Å². The fourth-order valence-electron chi connectivity index (χ4n) is 3.39. The molecule has 0 bridgehead atoms. The van der Waals surface area contributed by atoms with Crippen LogP contribution in [0, 0.1) is 0 Å². The first-order valence-corrected chi connectivity index (χ1v) is 8.76. The van der Waals surface area contributed by atoms with Gasteiger partial charge in [0.15, 0.2) is 0 Å². The number of hydrogen-bond acceptors (Lipinski definition) is 3. The number of para-hydroxylation sites is 1. The molecule has 2 heterocycles. The molecule has 1 unspecified atom stereocenters. The van der Waals surface area contributed by atoms with Crippen LogP contribution in [0.1, 0.15) is 43.1 Å². The standard InChI is InChI=1S/C20H25N3O/c1-3-16-9-7-8-14-23(16)20(24)19-15-18(12-13-21-19)22(2)17-10-5-4-6-11-17/h4-6,10-13,15-16H,3,7-9,14H2,1-2H3. The molecule has 0 spiro atoms. The number of carbonyl (C=O) groups excluding carboxylic acids is 1. The first-order valence-electron chi connectivity index (χ1n) is 8.76. The molecule has 1 aromatic heterocycles. The number of piperidine rings is 1. The van der Waals surface area contributed by atoms with Crippen LogP contribution in [0.25, 0.3) is 0 Å². The molecular weight excluding hydrogens is 298 g/mol. The maximum absolute atomic E-state index is 12.9. The molecule has 4 nitrogen and oxygen atoms in total. The number of nitrogens with zero attached hydrogens (tertiary/aromatic N) is 3. The minimum absolute atomic E-state index is 0.0601. The predicted molar refractivity (Wildman–Crippen MR) is 97.7 cm³/mol. The minimum atomic E-state index is 0.0601. The number of carbonyl (C=O) groups is 1. The zero-order valence-corrected chi connectivity index (χ0v) is 14.5. The molecule has 1 aliphatic rings. The van der Waals surface area contributed by atoms with Crippen molar-refractivity contribution in [2.45, 2.75) is 38.6 Å². The van der Waals surface area contributed by atoms with Gasteiger partial charge in [-0.05, 0) is 49.9 Å². The second-order valence-electron chi connectivity index (χ2n) is 6.35.